The van der Waals surface area contributed by atoms with Crippen molar-refractivity contribution in [1.82, 2.24) is 9.97 Å². The molecule has 5 nitrogen and oxygen atoms in total. The van der Waals surface area contributed by atoms with E-state index in [1.165, 1.54) is 6.07 Å². The molecule has 3 aromatic carbocycles. The van der Waals surface area contributed by atoms with Gasteiger partial charge in [-0.05, 0) is 10.8 Å². The van der Waals surface area contributed by atoms with Gasteiger partial charge in [-0.25, -0.2) is 10.4 Å². The number of H-pyrrole nitrogens is 1. The van der Waals surface area contributed by atoms with Crippen LogP contribution in [-0.2, 0) is 0 Å². The molecule has 0 radical (unpaired) electrons. The van der Waals surface area contributed by atoms with Crippen molar-refractivity contribution < 1.29 is 0 Å². The fourth-order valence-corrected chi connectivity index (χ4v) is 2.79. The van der Waals surface area contributed by atoms with Gasteiger partial charge in [-0.2, -0.15) is 5.10 Å². The molecule has 0 bridgehead atoms. The van der Waals surface area contributed by atoms with Gasteiger partial charge in [0.1, 0.15) is 0 Å². The Labute approximate surface area is 150 Å². The van der Waals surface area contributed by atoms with Crippen molar-refractivity contribution in [3.63, 3.8) is 0 Å². The lowest BCUT2D eigenvalue weighted by molar-refractivity contribution is 1.09. The molecule has 0 aliphatic carbocycles. The quantitative estimate of drug-likeness (QED) is 0.435. The van der Waals surface area contributed by atoms with Crippen LogP contribution in [0.1, 0.15) is 5.56 Å². The number of hydrazone groups is 1. The summed E-state index contributed by atoms with van der Waals surface area (Å²) in [5, 5.41) is 6.49. The molecule has 26 heavy (non-hydrogen) atoms. The number of nitrogens with one attached hydrogen (secondary N) is 2. The molecule has 126 valence electrons. The van der Waals surface area contributed by atoms with Crippen LogP contribution in [0, 0.1) is 0 Å². The van der Waals surface area contributed by atoms with E-state index in [0.717, 1.165) is 21.9 Å². The number of aromatic nitrogens is 2. The van der Waals surface area contributed by atoms with Crippen molar-refractivity contribution in [2.24, 2.45) is 5.10 Å². The molecule has 1 aromatic heterocycles. The second kappa shape index (κ2) is 7.03. The number of benzene rings is 3. The number of hydrogen-bond donors (Lipinski definition) is 2. The Hall–Kier alpha value is -3.73. The molecule has 1 heterocycles. The van der Waals surface area contributed by atoms with Crippen LogP contribution in [0.5, 0.6) is 0 Å². The van der Waals surface area contributed by atoms with Crippen LogP contribution in [-0.4, -0.2) is 16.2 Å². The van der Waals surface area contributed by atoms with Crippen molar-refractivity contribution in [1.29, 1.82) is 0 Å². The minimum atomic E-state index is -0.235. The summed E-state index contributed by atoms with van der Waals surface area (Å²) >= 11 is 0. The second-order valence-corrected chi connectivity index (χ2v) is 5.78. The zero-order chi connectivity index (χ0) is 17.8. The predicted molar refractivity (Wildman–Crippen MR) is 105 cm³/mol. The maximum absolute atomic E-state index is 11.9. The van der Waals surface area contributed by atoms with Gasteiger partial charge in [0.05, 0.1) is 11.9 Å². The molecule has 0 amide bonds. The summed E-state index contributed by atoms with van der Waals surface area (Å²) in [4.78, 5) is 19.0. The number of fused-ring (bicyclic) bond motifs is 1. The van der Waals surface area contributed by atoms with Gasteiger partial charge in [0, 0.05) is 17.2 Å². The Bertz CT molecular complexity index is 1130. The van der Waals surface area contributed by atoms with Gasteiger partial charge in [-0.1, -0.05) is 72.8 Å². The summed E-state index contributed by atoms with van der Waals surface area (Å²) in [5.41, 5.74) is 5.03. The van der Waals surface area contributed by atoms with Gasteiger partial charge in [0.25, 0.3) is 5.56 Å². The third-order valence-corrected chi connectivity index (χ3v) is 4.01. The molecular formula is C21H16N4O. The highest BCUT2D eigenvalue weighted by Gasteiger charge is 2.03. The Kier molecular flexibility index (Phi) is 4.26. The fourth-order valence-electron chi connectivity index (χ4n) is 2.79. The molecule has 0 aliphatic rings. The van der Waals surface area contributed by atoms with Crippen molar-refractivity contribution in [2.45, 2.75) is 0 Å². The van der Waals surface area contributed by atoms with Crippen LogP contribution >= 0.6 is 0 Å². The third-order valence-electron chi connectivity index (χ3n) is 4.01. The first-order valence-electron chi connectivity index (χ1n) is 8.23. The van der Waals surface area contributed by atoms with Gasteiger partial charge >= 0.3 is 0 Å². The SMILES string of the molecule is O=c1cc(-c2ccccc2)nc(N/N=C/c2cccc3ccccc23)[nH]1. The Morgan fingerprint density at radius 3 is 2.58 bits per heavy atom. The van der Waals surface area contributed by atoms with Gasteiger partial charge in [-0.15, -0.1) is 0 Å². The summed E-state index contributed by atoms with van der Waals surface area (Å²) < 4.78 is 0. The minimum Gasteiger partial charge on any atom is -0.291 e. The normalized spacial score (nSPS) is 11.1. The summed E-state index contributed by atoms with van der Waals surface area (Å²) in [6.45, 7) is 0. The van der Waals surface area contributed by atoms with Crippen molar-refractivity contribution >= 4 is 22.9 Å². The molecule has 2 N–H and O–H groups in total. The largest absolute Gasteiger partial charge is 0.291 e. The Morgan fingerprint density at radius 1 is 0.923 bits per heavy atom. The smallest absolute Gasteiger partial charge is 0.252 e. The van der Waals surface area contributed by atoms with E-state index < -0.39 is 0 Å². The molecule has 4 rings (SSSR count). The summed E-state index contributed by atoms with van der Waals surface area (Å²) in [6.07, 6.45) is 1.72. The van der Waals surface area contributed by atoms with Gasteiger partial charge in [0.2, 0.25) is 5.95 Å². The fraction of sp³-hybridized carbons (Fsp3) is 0. The molecular weight excluding hydrogens is 324 g/mol. The van der Waals surface area contributed by atoms with Crippen LogP contribution in [0.4, 0.5) is 5.95 Å². The number of nitrogens with zero attached hydrogens (tertiary/aromatic N) is 2. The van der Waals surface area contributed by atoms with E-state index >= 15 is 0 Å². The molecule has 0 spiro atoms. The molecule has 0 saturated heterocycles. The average molecular weight is 340 g/mol. The number of aromatic amines is 1. The lowest BCUT2D eigenvalue weighted by atomic mass is 10.1. The Morgan fingerprint density at radius 2 is 1.69 bits per heavy atom. The van der Waals surface area contributed by atoms with Crippen LogP contribution in [0.15, 0.2) is 88.8 Å². The topological polar surface area (TPSA) is 70.1 Å². The highest BCUT2D eigenvalue weighted by atomic mass is 16.1. The van der Waals surface area contributed by atoms with Crippen molar-refractivity contribution in [3.05, 3.63) is 94.8 Å². The molecule has 0 atom stereocenters. The van der Waals surface area contributed by atoms with Crippen LogP contribution in [0.25, 0.3) is 22.0 Å². The highest BCUT2D eigenvalue weighted by molar-refractivity contribution is 5.99. The van der Waals surface area contributed by atoms with E-state index in [4.69, 9.17) is 0 Å². The van der Waals surface area contributed by atoms with Crippen molar-refractivity contribution in [3.8, 4) is 11.3 Å². The number of rotatable bonds is 4. The van der Waals surface area contributed by atoms with Gasteiger partial charge in [-0.3, -0.25) is 9.78 Å². The third kappa shape index (κ3) is 3.37. The van der Waals surface area contributed by atoms with E-state index in [1.807, 2.05) is 60.7 Å². The maximum Gasteiger partial charge on any atom is 0.252 e. The molecule has 0 aliphatic heterocycles. The molecule has 0 saturated carbocycles. The number of anilines is 1. The van der Waals surface area contributed by atoms with E-state index in [1.54, 1.807) is 6.21 Å². The minimum absolute atomic E-state index is 0.235. The first-order valence-corrected chi connectivity index (χ1v) is 8.23. The zero-order valence-electron chi connectivity index (χ0n) is 13.9. The van der Waals surface area contributed by atoms with E-state index in [9.17, 15) is 4.79 Å². The maximum atomic E-state index is 11.9. The van der Waals surface area contributed by atoms with Gasteiger partial charge < -0.3 is 0 Å². The van der Waals surface area contributed by atoms with E-state index in [2.05, 4.69) is 32.6 Å². The lowest BCUT2D eigenvalue weighted by Crippen LogP contribution is -2.10. The molecule has 5 heteroatoms. The monoisotopic (exact) mass is 340 g/mol. The van der Waals surface area contributed by atoms with Crippen LogP contribution < -0.4 is 11.0 Å². The molecule has 0 fully saturated rings. The number of hydrogen-bond acceptors (Lipinski definition) is 4. The second-order valence-electron chi connectivity index (χ2n) is 5.78. The average Bonchev–Trinajstić information content (AvgIpc) is 2.68. The lowest BCUT2D eigenvalue weighted by Gasteiger charge is -2.04. The van der Waals surface area contributed by atoms with E-state index in [0.29, 0.717) is 11.6 Å². The predicted octanol–water partition coefficient (Wildman–Crippen LogP) is 4.04. The van der Waals surface area contributed by atoms with Crippen molar-refractivity contribution in [2.75, 3.05) is 5.43 Å². The van der Waals surface area contributed by atoms with E-state index in [-0.39, 0.29) is 5.56 Å². The zero-order valence-corrected chi connectivity index (χ0v) is 13.9. The molecule has 0 unspecified atom stereocenters. The summed E-state index contributed by atoms with van der Waals surface area (Å²) in [5.74, 6) is 0.299. The summed E-state index contributed by atoms with van der Waals surface area (Å²) in [7, 11) is 0. The van der Waals surface area contributed by atoms with Crippen LogP contribution in [0.3, 0.4) is 0 Å². The van der Waals surface area contributed by atoms with Crippen LogP contribution in [0.2, 0.25) is 0 Å². The first-order chi connectivity index (χ1) is 12.8. The van der Waals surface area contributed by atoms with Gasteiger partial charge in [0.15, 0.2) is 0 Å². The molecule has 4 aromatic rings. The highest BCUT2D eigenvalue weighted by Crippen LogP contribution is 2.17. The standard InChI is InChI=1S/C21H16N4O/c26-20-13-19(16-8-2-1-3-9-16)23-21(24-20)25-22-14-17-11-6-10-15-7-4-5-12-18(15)17/h1-14H,(H2,23,24,25,26)/b22-14+. The Balaban J connectivity index is 1.61. The first kappa shape index (κ1) is 15.8. The summed E-state index contributed by atoms with van der Waals surface area (Å²) in [6, 6.07) is 25.2.